The van der Waals surface area contributed by atoms with Crippen molar-refractivity contribution in [3.8, 4) is 11.5 Å². The highest BCUT2D eigenvalue weighted by Gasteiger charge is 2.35. The molecule has 0 bridgehead atoms. The Balaban J connectivity index is 1.28. The summed E-state index contributed by atoms with van der Waals surface area (Å²) in [6, 6.07) is 14.9. The standard InChI is InChI=1S/C23H21N7O3S/c1-30-21(28-29-22(30)18-9-10-24-14-26-18)12-25-16-6-4-5-15(11-16)23(31)27-19-13-34(32,33)20-8-3-2-7-17(19)20/h2-11,14,19,25H,12-13H2,1H3,(H,27,31). The molecule has 2 aromatic carbocycles. The van der Waals surface area contributed by atoms with Gasteiger partial charge in [0, 0.05) is 24.5 Å². The van der Waals surface area contributed by atoms with E-state index in [2.05, 4.69) is 30.8 Å². The first-order valence-corrected chi connectivity index (χ1v) is 12.2. The quantitative estimate of drug-likeness (QED) is 0.434. The number of benzene rings is 2. The first-order chi connectivity index (χ1) is 16.4. The van der Waals surface area contributed by atoms with Gasteiger partial charge in [0.25, 0.3) is 5.91 Å². The molecule has 10 nitrogen and oxygen atoms in total. The zero-order valence-corrected chi connectivity index (χ0v) is 19.0. The van der Waals surface area contributed by atoms with E-state index in [1.165, 1.54) is 6.33 Å². The Morgan fingerprint density at radius 2 is 1.97 bits per heavy atom. The van der Waals surface area contributed by atoms with E-state index in [0.29, 0.717) is 35.0 Å². The van der Waals surface area contributed by atoms with E-state index in [1.807, 2.05) is 17.7 Å². The number of amides is 1. The van der Waals surface area contributed by atoms with Gasteiger partial charge >= 0.3 is 0 Å². The van der Waals surface area contributed by atoms with E-state index >= 15 is 0 Å². The van der Waals surface area contributed by atoms with Gasteiger partial charge in [-0.3, -0.25) is 4.79 Å². The molecule has 4 aromatic rings. The number of anilines is 1. The van der Waals surface area contributed by atoms with Crippen molar-refractivity contribution in [1.82, 2.24) is 30.0 Å². The molecule has 1 unspecified atom stereocenters. The van der Waals surface area contributed by atoms with Crippen LogP contribution in [0, 0.1) is 0 Å². The maximum Gasteiger partial charge on any atom is 0.251 e. The largest absolute Gasteiger partial charge is 0.378 e. The molecule has 34 heavy (non-hydrogen) atoms. The first-order valence-electron chi connectivity index (χ1n) is 10.5. The van der Waals surface area contributed by atoms with Crippen molar-refractivity contribution in [2.45, 2.75) is 17.5 Å². The highest BCUT2D eigenvalue weighted by molar-refractivity contribution is 7.91. The van der Waals surface area contributed by atoms with Crippen molar-refractivity contribution in [1.29, 1.82) is 0 Å². The highest BCUT2D eigenvalue weighted by atomic mass is 32.2. The third kappa shape index (κ3) is 4.13. The van der Waals surface area contributed by atoms with Crippen molar-refractivity contribution < 1.29 is 13.2 Å². The number of hydrogen-bond acceptors (Lipinski definition) is 8. The summed E-state index contributed by atoms with van der Waals surface area (Å²) in [5.41, 5.74) is 2.43. The molecular formula is C23H21N7O3S. The van der Waals surface area contributed by atoms with E-state index in [-0.39, 0.29) is 16.6 Å². The number of hydrogen-bond donors (Lipinski definition) is 2. The van der Waals surface area contributed by atoms with Crippen LogP contribution in [0.1, 0.15) is 27.8 Å². The maximum absolute atomic E-state index is 12.9. The van der Waals surface area contributed by atoms with Crippen LogP contribution in [0.5, 0.6) is 0 Å². The third-order valence-electron chi connectivity index (χ3n) is 5.67. The Kier molecular flexibility index (Phi) is 5.54. The predicted octanol–water partition coefficient (Wildman–Crippen LogP) is 2.14. The van der Waals surface area contributed by atoms with Crippen LogP contribution in [0.25, 0.3) is 11.5 Å². The molecule has 0 saturated carbocycles. The molecule has 1 aliphatic heterocycles. The summed E-state index contributed by atoms with van der Waals surface area (Å²) >= 11 is 0. The molecular weight excluding hydrogens is 454 g/mol. The average molecular weight is 476 g/mol. The summed E-state index contributed by atoms with van der Waals surface area (Å²) in [6.07, 6.45) is 3.10. The van der Waals surface area contributed by atoms with Crippen LogP contribution < -0.4 is 10.6 Å². The second-order valence-electron chi connectivity index (χ2n) is 7.87. The monoisotopic (exact) mass is 475 g/mol. The van der Waals surface area contributed by atoms with Crippen molar-refractivity contribution in [2.24, 2.45) is 7.05 Å². The van der Waals surface area contributed by atoms with Gasteiger partial charge in [0.2, 0.25) is 0 Å². The Hall–Kier alpha value is -4.12. The molecule has 11 heteroatoms. The first kappa shape index (κ1) is 21.7. The molecule has 1 amide bonds. The smallest absolute Gasteiger partial charge is 0.251 e. The molecule has 2 aromatic heterocycles. The lowest BCUT2D eigenvalue weighted by atomic mass is 10.1. The summed E-state index contributed by atoms with van der Waals surface area (Å²) in [5.74, 6) is 0.831. The molecule has 3 heterocycles. The Labute approximate surface area is 196 Å². The summed E-state index contributed by atoms with van der Waals surface area (Å²) in [4.78, 5) is 21.3. The summed E-state index contributed by atoms with van der Waals surface area (Å²) in [5, 5.41) is 14.5. The number of carbonyl (C=O) groups excluding carboxylic acids is 1. The van der Waals surface area contributed by atoms with Crippen molar-refractivity contribution in [3.63, 3.8) is 0 Å². The fourth-order valence-corrected chi connectivity index (χ4v) is 5.66. The van der Waals surface area contributed by atoms with Gasteiger partial charge in [0.05, 0.1) is 23.2 Å². The van der Waals surface area contributed by atoms with Crippen LogP contribution in [0.4, 0.5) is 5.69 Å². The van der Waals surface area contributed by atoms with Crippen molar-refractivity contribution in [2.75, 3.05) is 11.1 Å². The summed E-state index contributed by atoms with van der Waals surface area (Å²) < 4.78 is 26.6. The van der Waals surface area contributed by atoms with Crippen LogP contribution in [0.15, 0.2) is 72.0 Å². The van der Waals surface area contributed by atoms with E-state index in [9.17, 15) is 13.2 Å². The Bertz CT molecular complexity index is 1470. The normalized spacial score (nSPS) is 16.1. The fraction of sp³-hybridized carbons (Fsp3) is 0.174. The van der Waals surface area contributed by atoms with Gasteiger partial charge in [-0.05, 0) is 35.9 Å². The van der Waals surface area contributed by atoms with Gasteiger partial charge in [-0.2, -0.15) is 0 Å². The minimum Gasteiger partial charge on any atom is -0.378 e. The fourth-order valence-electron chi connectivity index (χ4n) is 3.92. The second-order valence-corrected chi connectivity index (χ2v) is 9.88. The molecule has 0 aliphatic carbocycles. The molecule has 1 aliphatic rings. The SMILES string of the molecule is Cn1c(CNc2cccc(C(=O)NC3CS(=O)(=O)c4ccccc43)c2)nnc1-c1ccncn1. The molecule has 5 rings (SSSR count). The van der Waals surface area contributed by atoms with Gasteiger partial charge in [0.1, 0.15) is 12.0 Å². The Morgan fingerprint density at radius 3 is 2.79 bits per heavy atom. The molecule has 1 atom stereocenters. The number of nitrogens with one attached hydrogen (secondary N) is 2. The van der Waals surface area contributed by atoms with Gasteiger partial charge in [0.15, 0.2) is 21.5 Å². The van der Waals surface area contributed by atoms with E-state index in [0.717, 1.165) is 5.69 Å². The second kappa shape index (κ2) is 8.67. The van der Waals surface area contributed by atoms with Crippen LogP contribution in [0.2, 0.25) is 0 Å². The summed E-state index contributed by atoms with van der Waals surface area (Å²) in [6.45, 7) is 0.383. The molecule has 172 valence electrons. The maximum atomic E-state index is 12.9. The lowest BCUT2D eigenvalue weighted by Crippen LogP contribution is -2.29. The number of sulfone groups is 1. The zero-order chi connectivity index (χ0) is 23.7. The molecule has 0 spiro atoms. The van der Waals surface area contributed by atoms with Crippen LogP contribution in [0.3, 0.4) is 0 Å². The van der Waals surface area contributed by atoms with Gasteiger partial charge in [-0.15, -0.1) is 10.2 Å². The third-order valence-corrected chi connectivity index (χ3v) is 7.49. The predicted molar refractivity (Wildman–Crippen MR) is 124 cm³/mol. The molecule has 2 N–H and O–H groups in total. The van der Waals surface area contributed by atoms with Gasteiger partial charge in [-0.25, -0.2) is 18.4 Å². The number of aromatic nitrogens is 5. The number of rotatable bonds is 6. The van der Waals surface area contributed by atoms with E-state index in [4.69, 9.17) is 0 Å². The number of fused-ring (bicyclic) bond motifs is 1. The van der Waals surface area contributed by atoms with Crippen molar-refractivity contribution >= 4 is 21.4 Å². The van der Waals surface area contributed by atoms with E-state index < -0.39 is 15.9 Å². The molecule has 0 radical (unpaired) electrons. The lowest BCUT2D eigenvalue weighted by Gasteiger charge is -2.14. The van der Waals surface area contributed by atoms with E-state index in [1.54, 1.807) is 54.7 Å². The molecule has 0 saturated heterocycles. The average Bonchev–Trinajstić information content (AvgIpc) is 3.34. The van der Waals surface area contributed by atoms with Crippen LogP contribution in [-0.4, -0.2) is 44.8 Å². The topological polar surface area (TPSA) is 132 Å². The Morgan fingerprint density at radius 1 is 1.12 bits per heavy atom. The van der Waals surface area contributed by atoms with Crippen LogP contribution >= 0.6 is 0 Å². The van der Waals surface area contributed by atoms with Crippen LogP contribution in [-0.2, 0) is 23.4 Å². The summed E-state index contributed by atoms with van der Waals surface area (Å²) in [7, 11) is -1.55. The zero-order valence-electron chi connectivity index (χ0n) is 18.2. The van der Waals surface area contributed by atoms with Gasteiger partial charge < -0.3 is 15.2 Å². The highest BCUT2D eigenvalue weighted by Crippen LogP contribution is 2.33. The lowest BCUT2D eigenvalue weighted by molar-refractivity contribution is 0.0940. The minimum absolute atomic E-state index is 0.142. The minimum atomic E-state index is -3.40. The van der Waals surface area contributed by atoms with Crippen molar-refractivity contribution in [3.05, 3.63) is 84.1 Å². The molecule has 0 fully saturated rings. The number of carbonyl (C=O) groups is 1. The van der Waals surface area contributed by atoms with Gasteiger partial charge in [-0.1, -0.05) is 24.3 Å². The number of nitrogens with zero attached hydrogens (tertiary/aromatic N) is 5.